The number of aliphatic hydroxyl groups is 1. The zero-order chi connectivity index (χ0) is 18.6. The lowest BCUT2D eigenvalue weighted by molar-refractivity contribution is -0.218. The lowest BCUT2D eigenvalue weighted by atomic mass is 9.53. The highest BCUT2D eigenvalue weighted by atomic mass is 16.7. The van der Waals surface area contributed by atoms with Gasteiger partial charge in [0.05, 0.1) is 0 Å². The third-order valence-electron chi connectivity index (χ3n) is 6.87. The van der Waals surface area contributed by atoms with Crippen LogP contribution in [0.25, 0.3) is 0 Å². The highest BCUT2D eigenvalue weighted by molar-refractivity contribution is 5.92. The summed E-state index contributed by atoms with van der Waals surface area (Å²) in [5.41, 5.74) is 1.68. The van der Waals surface area contributed by atoms with Gasteiger partial charge in [0.2, 0.25) is 5.79 Å². The largest absolute Gasteiger partial charge is 0.459 e. The average Bonchev–Trinajstić information content (AvgIpc) is 2.78. The van der Waals surface area contributed by atoms with Gasteiger partial charge in [0.15, 0.2) is 0 Å². The Bertz CT molecular complexity index is 676. The van der Waals surface area contributed by atoms with E-state index in [4.69, 9.17) is 9.47 Å². The summed E-state index contributed by atoms with van der Waals surface area (Å²) in [5, 5.41) is 10.9. The molecule has 0 spiro atoms. The number of hydrogen-bond acceptors (Lipinski definition) is 5. The van der Waals surface area contributed by atoms with Gasteiger partial charge in [0, 0.05) is 29.1 Å². The van der Waals surface area contributed by atoms with Crippen molar-refractivity contribution in [3.05, 3.63) is 22.8 Å². The molecule has 0 aromatic carbocycles. The van der Waals surface area contributed by atoms with Crippen molar-refractivity contribution in [3.8, 4) is 0 Å². The predicted octanol–water partition coefficient (Wildman–Crippen LogP) is 3.27. The zero-order valence-electron chi connectivity index (χ0n) is 15.7. The summed E-state index contributed by atoms with van der Waals surface area (Å²) in [6.07, 6.45) is 4.09. The first-order valence-electron chi connectivity index (χ1n) is 9.12. The molecule has 138 valence electrons. The topological polar surface area (TPSA) is 72.8 Å². The Morgan fingerprint density at radius 1 is 1.40 bits per heavy atom. The Morgan fingerprint density at radius 3 is 2.72 bits per heavy atom. The Morgan fingerprint density at radius 2 is 2.08 bits per heavy atom. The standard InChI is InChI=1S/C20H28O5/c1-6-11(2)17(21)24-16-8-7-12(3)19(5)9-14-13(4)18(22)25-20(14,23)10-15(16)19/h6,12,15-16,23H,7-10H2,1-5H3/b11-6-/t12-,15-,16+,19+,20-/m0/s1. The van der Waals surface area contributed by atoms with E-state index in [0.717, 1.165) is 12.8 Å². The van der Waals surface area contributed by atoms with Crippen LogP contribution in [0, 0.1) is 17.3 Å². The summed E-state index contributed by atoms with van der Waals surface area (Å²) in [7, 11) is 0. The number of carbonyl (C=O) groups is 2. The second-order valence-corrected chi connectivity index (χ2v) is 8.16. The van der Waals surface area contributed by atoms with Crippen molar-refractivity contribution in [2.24, 2.45) is 17.3 Å². The zero-order valence-corrected chi connectivity index (χ0v) is 15.7. The van der Waals surface area contributed by atoms with Crippen LogP contribution in [0.3, 0.4) is 0 Å². The predicted molar refractivity (Wildman–Crippen MR) is 92.3 cm³/mol. The molecule has 25 heavy (non-hydrogen) atoms. The molecule has 1 N–H and O–H groups in total. The van der Waals surface area contributed by atoms with Crippen molar-refractivity contribution in [2.75, 3.05) is 0 Å². The molecule has 2 fully saturated rings. The van der Waals surface area contributed by atoms with Crippen molar-refractivity contribution in [2.45, 2.75) is 72.2 Å². The van der Waals surface area contributed by atoms with Crippen molar-refractivity contribution in [1.82, 2.24) is 0 Å². The monoisotopic (exact) mass is 348 g/mol. The van der Waals surface area contributed by atoms with Gasteiger partial charge in [-0.1, -0.05) is 19.9 Å². The Balaban J connectivity index is 1.93. The molecule has 1 aliphatic heterocycles. The van der Waals surface area contributed by atoms with Crippen LogP contribution >= 0.6 is 0 Å². The van der Waals surface area contributed by atoms with Crippen LogP contribution in [0.2, 0.25) is 0 Å². The molecule has 0 radical (unpaired) electrons. The number of ether oxygens (including phenoxy) is 2. The molecule has 0 aromatic rings. The molecular formula is C20H28O5. The number of carbonyl (C=O) groups excluding carboxylic acids is 2. The molecule has 3 aliphatic rings. The van der Waals surface area contributed by atoms with E-state index >= 15 is 0 Å². The minimum atomic E-state index is -1.54. The average molecular weight is 348 g/mol. The lowest BCUT2D eigenvalue weighted by Gasteiger charge is -2.55. The SMILES string of the molecule is C/C=C(/C)C(=O)O[C@@H]1CC[C@H](C)[C@@]2(C)CC3=C(C)C(=O)O[C@@]3(O)C[C@@H]12. The van der Waals surface area contributed by atoms with E-state index in [1.54, 1.807) is 19.9 Å². The van der Waals surface area contributed by atoms with E-state index in [9.17, 15) is 14.7 Å². The summed E-state index contributed by atoms with van der Waals surface area (Å²) in [4.78, 5) is 24.3. The maximum atomic E-state index is 12.3. The second kappa shape index (κ2) is 5.97. The molecule has 3 rings (SSSR count). The Hall–Kier alpha value is -1.62. The fraction of sp³-hybridized carbons (Fsp3) is 0.700. The highest BCUT2D eigenvalue weighted by Crippen LogP contribution is 2.59. The van der Waals surface area contributed by atoms with Crippen LogP contribution < -0.4 is 0 Å². The molecule has 5 atom stereocenters. The van der Waals surface area contributed by atoms with E-state index in [0.29, 0.717) is 35.5 Å². The molecule has 0 bridgehead atoms. The first-order chi connectivity index (χ1) is 11.6. The molecule has 2 aliphatic carbocycles. The number of esters is 2. The van der Waals surface area contributed by atoms with Gasteiger partial charge >= 0.3 is 11.9 Å². The number of rotatable bonds is 2. The molecular weight excluding hydrogens is 320 g/mol. The van der Waals surface area contributed by atoms with Gasteiger partial charge in [-0.2, -0.15) is 0 Å². The highest BCUT2D eigenvalue weighted by Gasteiger charge is 2.60. The molecule has 0 saturated heterocycles. The Labute approximate surface area is 149 Å². The number of hydrogen-bond donors (Lipinski definition) is 1. The summed E-state index contributed by atoms with van der Waals surface area (Å²) >= 11 is 0. The molecule has 1 heterocycles. The van der Waals surface area contributed by atoms with Gasteiger partial charge < -0.3 is 14.6 Å². The third kappa shape index (κ3) is 2.73. The van der Waals surface area contributed by atoms with Crippen molar-refractivity contribution >= 4 is 11.9 Å². The normalized spacial score (nSPS) is 41.1. The molecule has 0 unspecified atom stereocenters. The van der Waals surface area contributed by atoms with Crippen LogP contribution in [-0.4, -0.2) is 28.9 Å². The Kier molecular flexibility index (Phi) is 4.34. The molecule has 0 amide bonds. The van der Waals surface area contributed by atoms with Gasteiger partial charge in [-0.05, 0) is 51.4 Å². The van der Waals surface area contributed by atoms with E-state index in [1.165, 1.54) is 0 Å². The van der Waals surface area contributed by atoms with Gasteiger partial charge in [-0.25, -0.2) is 9.59 Å². The van der Waals surface area contributed by atoms with Crippen LogP contribution in [-0.2, 0) is 19.1 Å². The maximum Gasteiger partial charge on any atom is 0.336 e. The van der Waals surface area contributed by atoms with Gasteiger partial charge in [0.25, 0.3) is 0 Å². The van der Waals surface area contributed by atoms with Gasteiger partial charge in [-0.15, -0.1) is 0 Å². The molecule has 5 heteroatoms. The lowest BCUT2D eigenvalue weighted by Crippen LogP contribution is -2.55. The second-order valence-electron chi connectivity index (χ2n) is 8.16. The van der Waals surface area contributed by atoms with Crippen LogP contribution in [0.1, 0.15) is 60.3 Å². The van der Waals surface area contributed by atoms with E-state index in [1.807, 2.05) is 6.92 Å². The third-order valence-corrected chi connectivity index (χ3v) is 6.87. The quantitative estimate of drug-likeness (QED) is 0.612. The van der Waals surface area contributed by atoms with E-state index < -0.39 is 11.8 Å². The fourth-order valence-corrected chi connectivity index (χ4v) is 4.72. The van der Waals surface area contributed by atoms with E-state index in [2.05, 4.69) is 13.8 Å². The number of fused-ring (bicyclic) bond motifs is 2. The van der Waals surface area contributed by atoms with Gasteiger partial charge in [0.1, 0.15) is 6.10 Å². The first kappa shape index (κ1) is 18.2. The summed E-state index contributed by atoms with van der Waals surface area (Å²) in [6, 6.07) is 0. The van der Waals surface area contributed by atoms with E-state index in [-0.39, 0.29) is 23.4 Å². The minimum absolute atomic E-state index is 0.0442. The smallest absolute Gasteiger partial charge is 0.336 e. The fourth-order valence-electron chi connectivity index (χ4n) is 4.72. The molecule has 5 nitrogen and oxygen atoms in total. The summed E-state index contributed by atoms with van der Waals surface area (Å²) in [5.74, 6) is -1.92. The van der Waals surface area contributed by atoms with Crippen molar-refractivity contribution in [3.63, 3.8) is 0 Å². The maximum absolute atomic E-state index is 12.3. The molecule has 0 aromatic heterocycles. The van der Waals surface area contributed by atoms with Gasteiger partial charge in [-0.3, -0.25) is 0 Å². The summed E-state index contributed by atoms with van der Waals surface area (Å²) < 4.78 is 11.1. The summed E-state index contributed by atoms with van der Waals surface area (Å²) in [6.45, 7) is 9.67. The van der Waals surface area contributed by atoms with Crippen LogP contribution in [0.4, 0.5) is 0 Å². The van der Waals surface area contributed by atoms with Crippen molar-refractivity contribution in [1.29, 1.82) is 0 Å². The first-order valence-corrected chi connectivity index (χ1v) is 9.12. The molecule has 2 saturated carbocycles. The minimum Gasteiger partial charge on any atom is -0.459 e. The van der Waals surface area contributed by atoms with Crippen molar-refractivity contribution < 1.29 is 24.2 Å². The van der Waals surface area contributed by atoms with Crippen LogP contribution in [0.15, 0.2) is 22.8 Å². The number of allylic oxidation sites excluding steroid dienone is 1. The van der Waals surface area contributed by atoms with Crippen LogP contribution in [0.5, 0.6) is 0 Å².